The van der Waals surface area contributed by atoms with Crippen molar-refractivity contribution in [3.63, 3.8) is 0 Å². The predicted molar refractivity (Wildman–Crippen MR) is 150 cm³/mol. The molecular weight excluding hydrogens is 484 g/mol. The lowest BCUT2D eigenvalue weighted by Gasteiger charge is -2.37. The van der Waals surface area contributed by atoms with Crippen molar-refractivity contribution < 1.29 is 9.47 Å². The van der Waals surface area contributed by atoms with E-state index in [0.29, 0.717) is 0 Å². The van der Waals surface area contributed by atoms with Crippen LogP contribution in [-0.2, 0) is 13.0 Å². The van der Waals surface area contributed by atoms with Gasteiger partial charge in [-0.05, 0) is 79.1 Å². The Hall–Kier alpha value is -3.64. The molecule has 192 valence electrons. The number of aryl methyl sites for hydroxylation is 1. The molecule has 3 aromatic carbocycles. The second kappa shape index (κ2) is 12.1. The maximum Gasteiger partial charge on any atom is 0.119 e. The van der Waals surface area contributed by atoms with E-state index in [1.807, 2.05) is 36.8 Å². The molecule has 37 heavy (non-hydrogen) atoms. The van der Waals surface area contributed by atoms with Crippen LogP contribution in [0.5, 0.6) is 11.5 Å². The van der Waals surface area contributed by atoms with Gasteiger partial charge in [0.15, 0.2) is 0 Å². The minimum absolute atomic E-state index is 0.0313. The molecule has 1 aliphatic heterocycles. The maximum absolute atomic E-state index is 6.46. The molecule has 6 nitrogen and oxygen atoms in total. The van der Waals surface area contributed by atoms with Gasteiger partial charge in [0, 0.05) is 55.0 Å². The molecular formula is C30H33ClN4O2. The van der Waals surface area contributed by atoms with E-state index in [0.717, 1.165) is 62.1 Å². The number of rotatable bonds is 10. The number of ether oxygens (including phenoxy) is 2. The van der Waals surface area contributed by atoms with Gasteiger partial charge in [0.05, 0.1) is 20.0 Å². The summed E-state index contributed by atoms with van der Waals surface area (Å²) in [6.07, 6.45) is 7.48. The Labute approximate surface area is 224 Å². The van der Waals surface area contributed by atoms with E-state index in [4.69, 9.17) is 21.1 Å². The molecule has 7 heteroatoms. The number of nitrogens with zero attached hydrogens (tertiary/aromatic N) is 4. The zero-order chi connectivity index (χ0) is 25.5. The standard InChI is InChI=1S/C30H33ClN4O2/c1-36-28-12-7-26(8-13-28)34-18-20-35(21-19-34)27-9-14-29(15-10-27)37-30(22-33-17-16-32-23-33)11-4-24-2-5-25(31)6-3-24/h2-3,5-10,12-17,23,30H,4,11,18-22H2,1H3. The summed E-state index contributed by atoms with van der Waals surface area (Å²) in [5.74, 6) is 1.78. The summed E-state index contributed by atoms with van der Waals surface area (Å²) in [6.45, 7) is 4.69. The Morgan fingerprint density at radius 2 is 1.41 bits per heavy atom. The molecule has 0 radical (unpaired) electrons. The van der Waals surface area contributed by atoms with Crippen LogP contribution in [0.2, 0.25) is 5.02 Å². The van der Waals surface area contributed by atoms with Crippen molar-refractivity contribution in [3.05, 3.63) is 102 Å². The van der Waals surface area contributed by atoms with E-state index >= 15 is 0 Å². The minimum atomic E-state index is 0.0313. The van der Waals surface area contributed by atoms with Crippen molar-refractivity contribution in [1.29, 1.82) is 0 Å². The van der Waals surface area contributed by atoms with Crippen molar-refractivity contribution in [2.24, 2.45) is 0 Å². The molecule has 5 rings (SSSR count). The number of anilines is 2. The van der Waals surface area contributed by atoms with Gasteiger partial charge in [-0.15, -0.1) is 0 Å². The van der Waals surface area contributed by atoms with Gasteiger partial charge in [0.25, 0.3) is 0 Å². The zero-order valence-corrected chi connectivity index (χ0v) is 21.9. The van der Waals surface area contributed by atoms with Crippen molar-refractivity contribution in [2.75, 3.05) is 43.1 Å². The van der Waals surface area contributed by atoms with Crippen LogP contribution in [0.15, 0.2) is 91.5 Å². The quantitative estimate of drug-likeness (QED) is 0.260. The molecule has 0 spiro atoms. The van der Waals surface area contributed by atoms with Crippen molar-refractivity contribution in [1.82, 2.24) is 9.55 Å². The highest BCUT2D eigenvalue weighted by atomic mass is 35.5. The van der Waals surface area contributed by atoms with Crippen molar-refractivity contribution >= 4 is 23.0 Å². The fourth-order valence-electron chi connectivity index (χ4n) is 4.74. The highest BCUT2D eigenvalue weighted by molar-refractivity contribution is 6.30. The van der Waals surface area contributed by atoms with Crippen LogP contribution in [0.3, 0.4) is 0 Å². The Morgan fingerprint density at radius 3 is 1.95 bits per heavy atom. The first kappa shape index (κ1) is 25.0. The lowest BCUT2D eigenvalue weighted by Crippen LogP contribution is -2.46. The second-order valence-electron chi connectivity index (χ2n) is 9.33. The van der Waals surface area contributed by atoms with Gasteiger partial charge in [-0.1, -0.05) is 23.7 Å². The normalized spacial score (nSPS) is 14.4. The van der Waals surface area contributed by atoms with Crippen LogP contribution in [-0.4, -0.2) is 48.9 Å². The van der Waals surface area contributed by atoms with E-state index in [2.05, 4.69) is 67.9 Å². The van der Waals surface area contributed by atoms with E-state index in [1.165, 1.54) is 16.9 Å². The highest BCUT2D eigenvalue weighted by Crippen LogP contribution is 2.25. The first-order chi connectivity index (χ1) is 18.2. The topological polar surface area (TPSA) is 42.8 Å². The van der Waals surface area contributed by atoms with Crippen LogP contribution >= 0.6 is 11.6 Å². The molecule has 0 aliphatic carbocycles. The molecule has 0 bridgehead atoms. The van der Waals surface area contributed by atoms with Crippen molar-refractivity contribution in [2.45, 2.75) is 25.5 Å². The average molecular weight is 517 g/mol. The molecule has 1 atom stereocenters. The Balaban J connectivity index is 1.17. The minimum Gasteiger partial charge on any atom is -0.497 e. The monoisotopic (exact) mass is 516 g/mol. The number of piperazine rings is 1. The van der Waals surface area contributed by atoms with Crippen LogP contribution in [0.1, 0.15) is 12.0 Å². The molecule has 2 heterocycles. The average Bonchev–Trinajstić information content (AvgIpc) is 3.46. The molecule has 1 aliphatic rings. The summed E-state index contributed by atoms with van der Waals surface area (Å²) >= 11 is 6.05. The zero-order valence-electron chi connectivity index (χ0n) is 21.2. The van der Waals surface area contributed by atoms with E-state index < -0.39 is 0 Å². The molecule has 1 unspecified atom stereocenters. The lowest BCUT2D eigenvalue weighted by molar-refractivity contribution is 0.170. The van der Waals surface area contributed by atoms with E-state index in [9.17, 15) is 0 Å². The number of benzene rings is 3. The van der Waals surface area contributed by atoms with Gasteiger partial charge in [0.2, 0.25) is 0 Å². The number of halogens is 1. The van der Waals surface area contributed by atoms with Gasteiger partial charge >= 0.3 is 0 Å². The van der Waals surface area contributed by atoms with Gasteiger partial charge in [0.1, 0.15) is 17.6 Å². The molecule has 1 saturated heterocycles. The number of imidazole rings is 1. The van der Waals surface area contributed by atoms with Crippen molar-refractivity contribution in [3.8, 4) is 11.5 Å². The summed E-state index contributed by atoms with van der Waals surface area (Å²) in [4.78, 5) is 9.05. The lowest BCUT2D eigenvalue weighted by atomic mass is 10.1. The second-order valence-corrected chi connectivity index (χ2v) is 9.77. The van der Waals surface area contributed by atoms with Crippen LogP contribution in [0, 0.1) is 0 Å². The molecule has 0 N–H and O–H groups in total. The SMILES string of the molecule is COc1ccc(N2CCN(c3ccc(OC(CCc4ccc(Cl)cc4)Cn4ccnc4)cc3)CC2)cc1. The Bertz CT molecular complexity index is 1220. The third-order valence-corrected chi connectivity index (χ3v) is 7.12. The summed E-state index contributed by atoms with van der Waals surface area (Å²) in [5.41, 5.74) is 3.73. The molecule has 1 fully saturated rings. The summed E-state index contributed by atoms with van der Waals surface area (Å²) in [6, 6.07) is 24.9. The van der Waals surface area contributed by atoms with Crippen LogP contribution in [0.4, 0.5) is 11.4 Å². The Morgan fingerprint density at radius 1 is 0.811 bits per heavy atom. The fourth-order valence-corrected chi connectivity index (χ4v) is 4.87. The van der Waals surface area contributed by atoms with Crippen LogP contribution < -0.4 is 19.3 Å². The smallest absolute Gasteiger partial charge is 0.119 e. The molecule has 0 amide bonds. The molecule has 1 aromatic heterocycles. The Kier molecular flexibility index (Phi) is 8.16. The number of hydrogen-bond acceptors (Lipinski definition) is 5. The highest BCUT2D eigenvalue weighted by Gasteiger charge is 2.18. The number of methoxy groups -OCH3 is 1. The van der Waals surface area contributed by atoms with E-state index in [1.54, 1.807) is 13.3 Å². The third-order valence-electron chi connectivity index (χ3n) is 6.86. The fraction of sp³-hybridized carbons (Fsp3) is 0.300. The van der Waals surface area contributed by atoms with Gasteiger partial charge in [-0.2, -0.15) is 0 Å². The largest absolute Gasteiger partial charge is 0.497 e. The van der Waals surface area contributed by atoms with Gasteiger partial charge in [-0.25, -0.2) is 4.98 Å². The number of hydrogen-bond donors (Lipinski definition) is 0. The van der Waals surface area contributed by atoms with E-state index in [-0.39, 0.29) is 6.10 Å². The first-order valence-electron chi connectivity index (χ1n) is 12.8. The predicted octanol–water partition coefficient (Wildman–Crippen LogP) is 5.95. The van der Waals surface area contributed by atoms with Gasteiger partial charge in [-0.3, -0.25) is 0 Å². The summed E-state index contributed by atoms with van der Waals surface area (Å²) in [5, 5.41) is 0.761. The molecule has 0 saturated carbocycles. The third kappa shape index (κ3) is 6.77. The maximum atomic E-state index is 6.46. The first-order valence-corrected chi connectivity index (χ1v) is 13.1. The summed E-state index contributed by atoms with van der Waals surface area (Å²) in [7, 11) is 1.70. The van der Waals surface area contributed by atoms with Crippen LogP contribution in [0.25, 0.3) is 0 Å². The number of aromatic nitrogens is 2. The summed E-state index contributed by atoms with van der Waals surface area (Å²) < 4.78 is 13.8. The van der Waals surface area contributed by atoms with Gasteiger partial charge < -0.3 is 23.8 Å². The molecule has 4 aromatic rings.